The van der Waals surface area contributed by atoms with Crippen LogP contribution in [-0.2, 0) is 17.8 Å². The minimum absolute atomic E-state index is 0. The topological polar surface area (TPSA) is 72.0 Å². The molecule has 0 saturated carbocycles. The summed E-state index contributed by atoms with van der Waals surface area (Å²) in [6.07, 6.45) is 0. The van der Waals surface area contributed by atoms with E-state index in [1.807, 2.05) is 36.4 Å². The van der Waals surface area contributed by atoms with Crippen molar-refractivity contribution in [1.29, 1.82) is 0 Å². The Balaban J connectivity index is 0.00000338. The molecule has 0 heterocycles. The van der Waals surface area contributed by atoms with E-state index in [0.717, 1.165) is 5.56 Å². The molecule has 0 fully saturated rings. The van der Waals surface area contributed by atoms with Crippen LogP contribution in [0.25, 0.3) is 0 Å². The van der Waals surface area contributed by atoms with E-state index >= 15 is 0 Å². The molecule has 0 aromatic heterocycles. The van der Waals surface area contributed by atoms with Crippen molar-refractivity contribution in [3.8, 4) is 5.75 Å². The molecule has 0 aliphatic rings. The summed E-state index contributed by atoms with van der Waals surface area (Å²) >= 11 is 0. The van der Waals surface area contributed by atoms with Gasteiger partial charge in [0.15, 0.2) is 5.96 Å². The van der Waals surface area contributed by atoms with Crippen molar-refractivity contribution in [3.05, 3.63) is 65.2 Å². The number of esters is 1. The number of nitrogens with one attached hydrogen (secondary N) is 2. The molecule has 140 valence electrons. The number of halogens is 1. The zero-order valence-corrected chi connectivity index (χ0v) is 17.4. The minimum atomic E-state index is -0.426. The smallest absolute Gasteiger partial charge is 0.341 e. The van der Waals surface area contributed by atoms with Crippen LogP contribution in [0.1, 0.15) is 21.5 Å². The lowest BCUT2D eigenvalue weighted by atomic mass is 10.1. The van der Waals surface area contributed by atoms with Gasteiger partial charge in [-0.05, 0) is 23.3 Å². The van der Waals surface area contributed by atoms with Crippen LogP contribution in [0.5, 0.6) is 5.75 Å². The van der Waals surface area contributed by atoms with Crippen molar-refractivity contribution in [3.63, 3.8) is 0 Å². The first-order chi connectivity index (χ1) is 12.2. The van der Waals surface area contributed by atoms with Crippen LogP contribution in [0, 0.1) is 0 Å². The molecule has 0 bridgehead atoms. The van der Waals surface area contributed by atoms with Crippen molar-refractivity contribution in [2.24, 2.45) is 4.99 Å². The second-order valence-electron chi connectivity index (χ2n) is 5.29. The first-order valence-electron chi connectivity index (χ1n) is 7.91. The van der Waals surface area contributed by atoms with Gasteiger partial charge < -0.3 is 20.1 Å². The minimum Gasteiger partial charge on any atom is -0.496 e. The summed E-state index contributed by atoms with van der Waals surface area (Å²) in [4.78, 5) is 16.0. The Morgan fingerprint density at radius 3 is 2.23 bits per heavy atom. The maximum absolute atomic E-state index is 11.8. The van der Waals surface area contributed by atoms with Crippen LogP contribution < -0.4 is 15.4 Å². The Kier molecular flexibility index (Phi) is 9.50. The Labute approximate surface area is 171 Å². The quantitative estimate of drug-likeness (QED) is 0.295. The second-order valence-corrected chi connectivity index (χ2v) is 5.29. The lowest BCUT2D eigenvalue weighted by Gasteiger charge is -2.13. The monoisotopic (exact) mass is 469 g/mol. The predicted octanol–water partition coefficient (Wildman–Crippen LogP) is 2.97. The van der Waals surface area contributed by atoms with Gasteiger partial charge in [0, 0.05) is 20.1 Å². The maximum Gasteiger partial charge on any atom is 0.341 e. The highest BCUT2D eigenvalue weighted by atomic mass is 127. The molecule has 6 nitrogen and oxygen atoms in total. The highest BCUT2D eigenvalue weighted by Gasteiger charge is 2.13. The van der Waals surface area contributed by atoms with Gasteiger partial charge in [-0.1, -0.05) is 36.4 Å². The molecule has 0 amide bonds. The van der Waals surface area contributed by atoms with E-state index in [1.165, 1.54) is 19.8 Å². The molecule has 0 spiro atoms. The van der Waals surface area contributed by atoms with E-state index in [9.17, 15) is 4.79 Å². The molecule has 0 aliphatic heterocycles. The number of carbonyl (C=O) groups excluding carboxylic acids is 1. The fourth-order valence-corrected chi connectivity index (χ4v) is 2.32. The van der Waals surface area contributed by atoms with Crippen LogP contribution in [0.2, 0.25) is 0 Å². The number of carbonyl (C=O) groups is 1. The van der Waals surface area contributed by atoms with Crippen LogP contribution in [0.3, 0.4) is 0 Å². The highest BCUT2D eigenvalue weighted by molar-refractivity contribution is 14.0. The van der Waals surface area contributed by atoms with Crippen LogP contribution in [0.4, 0.5) is 0 Å². The molecule has 2 aromatic carbocycles. The normalized spacial score (nSPS) is 10.5. The van der Waals surface area contributed by atoms with Crippen LogP contribution in [-0.4, -0.2) is 33.2 Å². The van der Waals surface area contributed by atoms with Crippen molar-refractivity contribution >= 4 is 35.9 Å². The number of nitrogens with zero attached hydrogens (tertiary/aromatic N) is 1. The fraction of sp³-hybridized carbons (Fsp3) is 0.263. The molecule has 0 radical (unpaired) electrons. The largest absolute Gasteiger partial charge is 0.496 e. The van der Waals surface area contributed by atoms with Gasteiger partial charge in [0.2, 0.25) is 0 Å². The zero-order chi connectivity index (χ0) is 18.1. The number of benzene rings is 2. The number of ether oxygens (including phenoxy) is 2. The van der Waals surface area contributed by atoms with Crippen LogP contribution >= 0.6 is 24.0 Å². The van der Waals surface area contributed by atoms with Gasteiger partial charge in [0.25, 0.3) is 0 Å². The summed E-state index contributed by atoms with van der Waals surface area (Å²) in [6, 6.07) is 15.5. The van der Waals surface area contributed by atoms with Gasteiger partial charge in [-0.15, -0.1) is 24.0 Å². The molecule has 26 heavy (non-hydrogen) atoms. The average molecular weight is 469 g/mol. The zero-order valence-electron chi connectivity index (χ0n) is 15.1. The summed E-state index contributed by atoms with van der Waals surface area (Å²) in [5.41, 5.74) is 2.49. The Hall–Kier alpha value is -2.29. The first-order valence-corrected chi connectivity index (χ1v) is 7.91. The van der Waals surface area contributed by atoms with Gasteiger partial charge in [0.1, 0.15) is 11.3 Å². The van der Waals surface area contributed by atoms with E-state index in [-0.39, 0.29) is 24.0 Å². The third kappa shape index (κ3) is 6.21. The number of rotatable bonds is 6. The number of methoxy groups -OCH3 is 2. The maximum atomic E-state index is 11.8. The Morgan fingerprint density at radius 2 is 1.65 bits per heavy atom. The third-order valence-corrected chi connectivity index (χ3v) is 3.66. The van der Waals surface area contributed by atoms with Gasteiger partial charge in [-0.3, -0.25) is 4.99 Å². The number of hydrogen-bond donors (Lipinski definition) is 2. The molecule has 0 saturated heterocycles. The fourth-order valence-electron chi connectivity index (χ4n) is 2.32. The molecule has 0 unspecified atom stereocenters. The highest BCUT2D eigenvalue weighted by Crippen LogP contribution is 2.20. The number of guanidine groups is 1. The summed E-state index contributed by atoms with van der Waals surface area (Å²) < 4.78 is 9.99. The average Bonchev–Trinajstić information content (AvgIpc) is 2.68. The van der Waals surface area contributed by atoms with E-state index in [4.69, 9.17) is 9.47 Å². The number of aliphatic imine (C=N–C) groups is 1. The van der Waals surface area contributed by atoms with Gasteiger partial charge >= 0.3 is 5.97 Å². The molecular weight excluding hydrogens is 445 g/mol. The van der Waals surface area contributed by atoms with Gasteiger partial charge in [-0.2, -0.15) is 0 Å². The summed E-state index contributed by atoms with van der Waals surface area (Å²) in [7, 11) is 4.59. The summed E-state index contributed by atoms with van der Waals surface area (Å²) in [6.45, 7) is 1.19. The van der Waals surface area contributed by atoms with Gasteiger partial charge in [0.05, 0.1) is 14.2 Å². The molecule has 0 aliphatic carbocycles. The van der Waals surface area contributed by atoms with E-state index in [1.54, 1.807) is 19.2 Å². The molecule has 2 aromatic rings. The molecule has 0 atom stereocenters. The lowest BCUT2D eigenvalue weighted by Crippen LogP contribution is -2.36. The second kappa shape index (κ2) is 11.3. The van der Waals surface area contributed by atoms with E-state index in [0.29, 0.717) is 30.4 Å². The lowest BCUT2D eigenvalue weighted by molar-refractivity contribution is 0.0597. The van der Waals surface area contributed by atoms with Crippen molar-refractivity contribution in [1.82, 2.24) is 10.6 Å². The van der Waals surface area contributed by atoms with Gasteiger partial charge in [-0.25, -0.2) is 4.79 Å². The first kappa shape index (κ1) is 21.8. The van der Waals surface area contributed by atoms with Crippen LogP contribution in [0.15, 0.2) is 53.5 Å². The standard InChI is InChI=1S/C19H23N3O3.HI/c1-20-19(21-12-14-7-5-4-6-8-14)22-13-15-9-10-17(24-2)16(11-15)18(23)25-3;/h4-11H,12-13H2,1-3H3,(H2,20,21,22);1H. The Bertz CT molecular complexity index is 736. The molecule has 2 rings (SSSR count). The molecular formula is C19H24IN3O3. The van der Waals surface area contributed by atoms with E-state index < -0.39 is 5.97 Å². The van der Waals surface area contributed by atoms with Crippen molar-refractivity contribution < 1.29 is 14.3 Å². The predicted molar refractivity (Wildman–Crippen MR) is 113 cm³/mol. The van der Waals surface area contributed by atoms with E-state index in [2.05, 4.69) is 15.6 Å². The van der Waals surface area contributed by atoms with Crippen molar-refractivity contribution in [2.75, 3.05) is 21.3 Å². The molecule has 2 N–H and O–H groups in total. The summed E-state index contributed by atoms with van der Waals surface area (Å²) in [5.74, 6) is 0.742. The molecule has 7 heteroatoms. The third-order valence-electron chi connectivity index (χ3n) is 3.66. The summed E-state index contributed by atoms with van der Waals surface area (Å²) in [5, 5.41) is 6.47. The van der Waals surface area contributed by atoms with Crippen molar-refractivity contribution in [2.45, 2.75) is 13.1 Å². The number of hydrogen-bond acceptors (Lipinski definition) is 4. The Morgan fingerprint density at radius 1 is 1.00 bits per heavy atom. The SMILES string of the molecule is CN=C(NCc1ccccc1)NCc1ccc(OC)c(C(=O)OC)c1.I.